The molecule has 3 aromatic rings. The fraction of sp³-hybridized carbons (Fsp3) is 0.250. The maximum atomic E-state index is 13.0. The molecule has 3 heterocycles. The van der Waals surface area contributed by atoms with E-state index in [0.29, 0.717) is 36.1 Å². The normalized spacial score (nSPS) is 16.3. The van der Waals surface area contributed by atoms with Crippen LogP contribution in [0.1, 0.15) is 28.8 Å². The summed E-state index contributed by atoms with van der Waals surface area (Å²) < 4.78 is 7.50. The van der Waals surface area contributed by atoms with Crippen LogP contribution in [0.3, 0.4) is 0 Å². The van der Waals surface area contributed by atoms with Gasteiger partial charge in [-0.2, -0.15) is 5.10 Å². The molecule has 7 heteroatoms. The molecule has 2 aromatic heterocycles. The summed E-state index contributed by atoms with van der Waals surface area (Å²) in [5, 5.41) is 5.09. The molecule has 0 N–H and O–H groups in total. The topological polar surface area (TPSA) is 60.3 Å². The van der Waals surface area contributed by atoms with Crippen molar-refractivity contribution >= 4 is 17.5 Å². The van der Waals surface area contributed by atoms with Gasteiger partial charge in [0, 0.05) is 12.2 Å². The van der Waals surface area contributed by atoms with Gasteiger partial charge in [0.15, 0.2) is 0 Å². The minimum Gasteiger partial charge on any atom is -0.487 e. The number of carbonyl (C=O) groups is 1. The first-order valence-corrected chi connectivity index (χ1v) is 9.14. The zero-order valence-corrected chi connectivity index (χ0v) is 15.6. The summed E-state index contributed by atoms with van der Waals surface area (Å²) >= 11 is 6.21. The summed E-state index contributed by atoms with van der Waals surface area (Å²) in [5.41, 5.74) is 1.99. The second-order valence-electron chi connectivity index (χ2n) is 6.52. The van der Waals surface area contributed by atoms with Gasteiger partial charge in [-0.25, -0.2) is 0 Å². The van der Waals surface area contributed by atoms with Crippen molar-refractivity contribution < 1.29 is 9.53 Å². The number of amides is 1. The average molecular weight is 383 g/mol. The highest BCUT2D eigenvalue weighted by Gasteiger charge is 2.32. The number of benzene rings is 1. The number of fused-ring (bicyclic) bond motifs is 1. The molecule has 1 amide bonds. The van der Waals surface area contributed by atoms with E-state index in [4.69, 9.17) is 16.3 Å². The number of carbonyl (C=O) groups excluding carboxylic acids is 1. The van der Waals surface area contributed by atoms with Gasteiger partial charge >= 0.3 is 0 Å². The van der Waals surface area contributed by atoms with Crippen molar-refractivity contribution in [2.45, 2.75) is 32.7 Å². The van der Waals surface area contributed by atoms with Crippen molar-refractivity contribution in [3.8, 4) is 5.75 Å². The highest BCUT2D eigenvalue weighted by Crippen LogP contribution is 2.23. The minimum atomic E-state index is -0.0751. The number of nitrogens with zero attached hydrogens (tertiary/aromatic N) is 4. The van der Waals surface area contributed by atoms with E-state index in [1.165, 1.54) is 0 Å². The number of pyridine rings is 1. The number of aromatic nitrogens is 3. The number of halogens is 1. The maximum absolute atomic E-state index is 13.0. The SMILES string of the molecule is C[C@@H]1Cn2nc(COc3ccccc3)cc2C(=O)N1Cc1ncccc1Cl. The third-order valence-electron chi connectivity index (χ3n) is 4.56. The molecule has 0 fully saturated rings. The van der Waals surface area contributed by atoms with Crippen molar-refractivity contribution in [1.82, 2.24) is 19.7 Å². The Hall–Kier alpha value is -2.86. The van der Waals surface area contributed by atoms with Gasteiger partial charge in [-0.05, 0) is 37.3 Å². The van der Waals surface area contributed by atoms with E-state index >= 15 is 0 Å². The molecule has 0 radical (unpaired) electrons. The highest BCUT2D eigenvalue weighted by atomic mass is 35.5. The van der Waals surface area contributed by atoms with Gasteiger partial charge in [0.05, 0.1) is 23.8 Å². The Bertz CT molecular complexity index is 958. The van der Waals surface area contributed by atoms with E-state index in [1.807, 2.05) is 37.3 Å². The highest BCUT2D eigenvalue weighted by molar-refractivity contribution is 6.31. The number of hydrogen-bond acceptors (Lipinski definition) is 4. The molecule has 0 saturated heterocycles. The van der Waals surface area contributed by atoms with E-state index < -0.39 is 0 Å². The minimum absolute atomic E-state index is 0.00846. The first-order chi connectivity index (χ1) is 13.1. The third kappa shape index (κ3) is 3.66. The molecular weight excluding hydrogens is 364 g/mol. The molecule has 1 atom stereocenters. The third-order valence-corrected chi connectivity index (χ3v) is 4.91. The molecule has 1 aliphatic rings. The molecular formula is C20H19ClN4O2. The van der Waals surface area contributed by atoms with E-state index in [9.17, 15) is 4.79 Å². The molecule has 0 unspecified atom stereocenters. The van der Waals surface area contributed by atoms with Gasteiger partial charge in [-0.15, -0.1) is 0 Å². The average Bonchev–Trinajstić information content (AvgIpc) is 3.09. The Labute approximate surface area is 162 Å². The van der Waals surface area contributed by atoms with Crippen molar-refractivity contribution in [2.24, 2.45) is 0 Å². The summed E-state index contributed by atoms with van der Waals surface area (Å²) in [6.45, 7) is 3.31. The monoisotopic (exact) mass is 382 g/mol. The van der Waals surface area contributed by atoms with Crippen molar-refractivity contribution in [3.05, 3.63) is 76.8 Å². The summed E-state index contributed by atoms with van der Waals surface area (Å²) in [7, 11) is 0. The lowest BCUT2D eigenvalue weighted by molar-refractivity contribution is 0.0581. The molecule has 0 spiro atoms. The zero-order valence-electron chi connectivity index (χ0n) is 14.9. The molecule has 6 nitrogen and oxygen atoms in total. The lowest BCUT2D eigenvalue weighted by Crippen LogP contribution is -2.46. The van der Waals surface area contributed by atoms with Gasteiger partial charge < -0.3 is 9.64 Å². The van der Waals surface area contributed by atoms with Crippen LogP contribution >= 0.6 is 11.6 Å². The van der Waals surface area contributed by atoms with E-state index in [1.54, 1.807) is 34.0 Å². The summed E-state index contributed by atoms with van der Waals surface area (Å²) in [6.07, 6.45) is 1.68. The molecule has 0 saturated carbocycles. The van der Waals surface area contributed by atoms with Crippen molar-refractivity contribution in [2.75, 3.05) is 0 Å². The molecule has 138 valence electrons. The lowest BCUT2D eigenvalue weighted by Gasteiger charge is -2.33. The Balaban J connectivity index is 1.51. The quantitative estimate of drug-likeness (QED) is 0.677. The molecule has 1 aliphatic heterocycles. The Morgan fingerprint density at radius 2 is 2.04 bits per heavy atom. The van der Waals surface area contributed by atoms with Crippen molar-refractivity contribution in [1.29, 1.82) is 0 Å². The summed E-state index contributed by atoms with van der Waals surface area (Å²) in [6, 6.07) is 14.9. The van der Waals surface area contributed by atoms with Gasteiger partial charge in [-0.3, -0.25) is 14.5 Å². The van der Waals surface area contributed by atoms with Crippen LogP contribution in [0.2, 0.25) is 5.02 Å². The second-order valence-corrected chi connectivity index (χ2v) is 6.93. The Kier molecular flexibility index (Phi) is 4.81. The van der Waals surface area contributed by atoms with Crippen LogP contribution < -0.4 is 4.74 Å². The van der Waals surface area contributed by atoms with Crippen LogP contribution in [0.5, 0.6) is 5.75 Å². The molecule has 1 aromatic carbocycles. The zero-order chi connectivity index (χ0) is 18.8. The second kappa shape index (κ2) is 7.40. The van der Waals surface area contributed by atoms with E-state index in [-0.39, 0.29) is 11.9 Å². The molecule has 27 heavy (non-hydrogen) atoms. The molecule has 4 rings (SSSR count). The predicted octanol–water partition coefficient (Wildman–Crippen LogP) is 3.56. The van der Waals surface area contributed by atoms with Crippen LogP contribution in [0.15, 0.2) is 54.7 Å². The Morgan fingerprint density at radius 3 is 2.81 bits per heavy atom. The fourth-order valence-electron chi connectivity index (χ4n) is 3.15. The number of ether oxygens (including phenoxy) is 1. The Morgan fingerprint density at radius 1 is 1.22 bits per heavy atom. The van der Waals surface area contributed by atoms with Crippen LogP contribution in [0.25, 0.3) is 0 Å². The maximum Gasteiger partial charge on any atom is 0.272 e. The van der Waals surface area contributed by atoms with Crippen molar-refractivity contribution in [3.63, 3.8) is 0 Å². The van der Waals surface area contributed by atoms with Gasteiger partial charge in [0.2, 0.25) is 0 Å². The summed E-state index contributed by atoms with van der Waals surface area (Å²) in [4.78, 5) is 19.1. The number of rotatable bonds is 5. The lowest BCUT2D eigenvalue weighted by atomic mass is 10.1. The fourth-order valence-corrected chi connectivity index (χ4v) is 3.33. The van der Waals surface area contributed by atoms with Crippen LogP contribution in [-0.4, -0.2) is 31.6 Å². The van der Waals surface area contributed by atoms with Crippen LogP contribution in [-0.2, 0) is 19.7 Å². The first kappa shape index (κ1) is 17.5. The molecule has 0 bridgehead atoms. The summed E-state index contributed by atoms with van der Waals surface area (Å²) in [5.74, 6) is 0.698. The van der Waals surface area contributed by atoms with Gasteiger partial charge in [0.25, 0.3) is 5.91 Å². The predicted molar refractivity (Wildman–Crippen MR) is 102 cm³/mol. The largest absolute Gasteiger partial charge is 0.487 e. The van der Waals surface area contributed by atoms with E-state index in [2.05, 4.69) is 10.1 Å². The van der Waals surface area contributed by atoms with E-state index in [0.717, 1.165) is 11.4 Å². The van der Waals surface area contributed by atoms with Crippen LogP contribution in [0.4, 0.5) is 0 Å². The number of hydrogen-bond donors (Lipinski definition) is 0. The van der Waals surface area contributed by atoms with Crippen LogP contribution in [0, 0.1) is 0 Å². The van der Waals surface area contributed by atoms with Gasteiger partial charge in [0.1, 0.15) is 23.7 Å². The standard InChI is InChI=1S/C20H19ClN4O2/c1-14-11-25-19(10-15(23-25)13-27-16-6-3-2-4-7-16)20(26)24(14)12-18-17(21)8-5-9-22-18/h2-10,14H,11-13H2,1H3/t14-/m1/s1. The first-order valence-electron chi connectivity index (χ1n) is 8.77. The number of para-hydroxylation sites is 1. The van der Waals surface area contributed by atoms with Gasteiger partial charge in [-0.1, -0.05) is 29.8 Å². The smallest absolute Gasteiger partial charge is 0.272 e. The molecule has 0 aliphatic carbocycles.